The van der Waals surface area contributed by atoms with E-state index < -0.39 is 0 Å². The van der Waals surface area contributed by atoms with E-state index in [1.165, 1.54) is 35.6 Å². The smallest absolute Gasteiger partial charge is 0.0295 e. The van der Waals surface area contributed by atoms with Crippen molar-refractivity contribution < 1.29 is 0 Å². The molecule has 0 bridgehead atoms. The van der Waals surface area contributed by atoms with Gasteiger partial charge in [-0.2, -0.15) is 0 Å². The number of hydrogen-bond donors (Lipinski definition) is 1. The quantitative estimate of drug-likeness (QED) is 0.508. The molecule has 0 aromatic heterocycles. The predicted octanol–water partition coefficient (Wildman–Crippen LogP) is 5.74. The van der Waals surface area contributed by atoms with Gasteiger partial charge in [0.05, 0.1) is 0 Å². The summed E-state index contributed by atoms with van der Waals surface area (Å²) in [6, 6.07) is 13.0. The Kier molecular flexibility index (Phi) is 5.81. The molecule has 0 aliphatic heterocycles. The highest BCUT2D eigenvalue weighted by molar-refractivity contribution is 9.10. The molecule has 0 saturated carbocycles. The first kappa shape index (κ1) is 15.3. The van der Waals surface area contributed by atoms with Crippen molar-refractivity contribution in [3.63, 3.8) is 0 Å². The van der Waals surface area contributed by atoms with E-state index in [-0.39, 0.29) is 6.04 Å². The molecule has 106 valence electrons. The van der Waals surface area contributed by atoms with Gasteiger partial charge in [0.15, 0.2) is 0 Å². The molecule has 0 heterocycles. The van der Waals surface area contributed by atoms with Crippen LogP contribution in [0.3, 0.4) is 0 Å². The van der Waals surface area contributed by atoms with Crippen LogP contribution in [0.25, 0.3) is 10.8 Å². The summed E-state index contributed by atoms with van der Waals surface area (Å²) in [6.45, 7) is 3.75. The van der Waals surface area contributed by atoms with Gasteiger partial charge in [-0.3, -0.25) is 0 Å². The third-order valence-electron chi connectivity index (χ3n) is 3.68. The Morgan fingerprint density at radius 1 is 1.05 bits per heavy atom. The molecule has 0 spiro atoms. The number of benzene rings is 2. The minimum Gasteiger partial charge on any atom is -0.324 e. The van der Waals surface area contributed by atoms with E-state index in [9.17, 15) is 0 Å². The molecule has 2 aromatic rings. The SMILES string of the molecule is C=CCCCCCC(N)c1ccc2cc(Br)ccc2c1. The molecule has 0 fully saturated rings. The summed E-state index contributed by atoms with van der Waals surface area (Å²) < 4.78 is 1.12. The van der Waals surface area contributed by atoms with E-state index in [4.69, 9.17) is 5.73 Å². The van der Waals surface area contributed by atoms with E-state index >= 15 is 0 Å². The molecule has 0 saturated heterocycles. The maximum absolute atomic E-state index is 6.30. The minimum atomic E-state index is 0.145. The Balaban J connectivity index is 1.97. The Labute approximate surface area is 130 Å². The fourth-order valence-corrected chi connectivity index (χ4v) is 2.84. The summed E-state index contributed by atoms with van der Waals surface area (Å²) in [4.78, 5) is 0. The number of halogens is 1. The molecule has 0 amide bonds. The predicted molar refractivity (Wildman–Crippen MR) is 91.9 cm³/mol. The number of rotatable bonds is 7. The highest BCUT2D eigenvalue weighted by Gasteiger charge is 2.06. The van der Waals surface area contributed by atoms with Crippen molar-refractivity contribution in [1.29, 1.82) is 0 Å². The number of nitrogens with two attached hydrogens (primary N) is 1. The van der Waals surface area contributed by atoms with Crippen molar-refractivity contribution in [1.82, 2.24) is 0 Å². The fourth-order valence-electron chi connectivity index (χ4n) is 2.46. The fraction of sp³-hybridized carbons (Fsp3) is 0.333. The topological polar surface area (TPSA) is 26.0 Å². The van der Waals surface area contributed by atoms with Crippen LogP contribution < -0.4 is 5.73 Å². The average Bonchev–Trinajstić information content (AvgIpc) is 2.46. The second-order valence-electron chi connectivity index (χ2n) is 5.28. The first-order valence-corrected chi connectivity index (χ1v) is 8.05. The number of fused-ring (bicyclic) bond motifs is 1. The minimum absolute atomic E-state index is 0.145. The summed E-state index contributed by atoms with van der Waals surface area (Å²) in [5, 5.41) is 2.51. The largest absolute Gasteiger partial charge is 0.324 e. The van der Waals surface area contributed by atoms with Crippen LogP contribution in [0, 0.1) is 0 Å². The zero-order valence-corrected chi connectivity index (χ0v) is 13.4. The van der Waals surface area contributed by atoms with Crippen molar-refractivity contribution in [2.24, 2.45) is 5.73 Å². The summed E-state index contributed by atoms with van der Waals surface area (Å²) in [7, 11) is 0. The van der Waals surface area contributed by atoms with Crippen LogP contribution in [-0.4, -0.2) is 0 Å². The van der Waals surface area contributed by atoms with Crippen molar-refractivity contribution >= 4 is 26.7 Å². The Hall–Kier alpha value is -1.12. The van der Waals surface area contributed by atoms with Gasteiger partial charge in [-0.05, 0) is 53.8 Å². The maximum Gasteiger partial charge on any atom is 0.0295 e. The second-order valence-corrected chi connectivity index (χ2v) is 6.20. The van der Waals surface area contributed by atoms with Gasteiger partial charge in [-0.15, -0.1) is 6.58 Å². The summed E-state index contributed by atoms with van der Waals surface area (Å²) >= 11 is 3.50. The van der Waals surface area contributed by atoms with E-state index in [1.54, 1.807) is 0 Å². The van der Waals surface area contributed by atoms with Gasteiger partial charge in [0.25, 0.3) is 0 Å². The van der Waals surface area contributed by atoms with Crippen molar-refractivity contribution in [2.45, 2.75) is 38.1 Å². The van der Waals surface area contributed by atoms with Crippen LogP contribution in [0.4, 0.5) is 0 Å². The Morgan fingerprint density at radius 2 is 1.80 bits per heavy atom. The van der Waals surface area contributed by atoms with E-state index in [0.29, 0.717) is 0 Å². The van der Waals surface area contributed by atoms with Gasteiger partial charge in [-0.25, -0.2) is 0 Å². The van der Waals surface area contributed by atoms with Crippen LogP contribution in [-0.2, 0) is 0 Å². The summed E-state index contributed by atoms with van der Waals surface area (Å²) in [5.41, 5.74) is 7.54. The highest BCUT2D eigenvalue weighted by Crippen LogP contribution is 2.25. The summed E-state index contributed by atoms with van der Waals surface area (Å²) in [6.07, 6.45) is 7.80. The molecule has 20 heavy (non-hydrogen) atoms. The molecule has 1 unspecified atom stereocenters. The Bertz CT molecular complexity index is 577. The summed E-state index contributed by atoms with van der Waals surface area (Å²) in [5.74, 6) is 0. The van der Waals surface area contributed by atoms with Gasteiger partial charge in [0.1, 0.15) is 0 Å². The van der Waals surface area contributed by atoms with Crippen LogP contribution in [0.2, 0.25) is 0 Å². The normalized spacial score (nSPS) is 12.5. The number of hydrogen-bond acceptors (Lipinski definition) is 1. The van der Waals surface area contributed by atoms with Gasteiger partial charge < -0.3 is 5.73 Å². The van der Waals surface area contributed by atoms with E-state index in [1.807, 2.05) is 6.08 Å². The van der Waals surface area contributed by atoms with Gasteiger partial charge in [0, 0.05) is 10.5 Å². The lowest BCUT2D eigenvalue weighted by molar-refractivity contribution is 0.573. The molecule has 2 N–H and O–H groups in total. The number of unbranched alkanes of at least 4 members (excludes halogenated alkanes) is 3. The molecule has 1 atom stereocenters. The van der Waals surface area contributed by atoms with Crippen LogP contribution in [0.15, 0.2) is 53.5 Å². The molecule has 0 aliphatic carbocycles. The monoisotopic (exact) mass is 331 g/mol. The van der Waals surface area contributed by atoms with Gasteiger partial charge in [-0.1, -0.05) is 53.0 Å². The van der Waals surface area contributed by atoms with Crippen LogP contribution in [0.5, 0.6) is 0 Å². The zero-order chi connectivity index (χ0) is 14.4. The van der Waals surface area contributed by atoms with Crippen molar-refractivity contribution in [3.05, 3.63) is 59.1 Å². The molecule has 1 nitrogen and oxygen atoms in total. The van der Waals surface area contributed by atoms with Crippen molar-refractivity contribution in [2.75, 3.05) is 0 Å². The lowest BCUT2D eigenvalue weighted by Crippen LogP contribution is -2.09. The first-order chi connectivity index (χ1) is 9.70. The van der Waals surface area contributed by atoms with E-state index in [0.717, 1.165) is 17.3 Å². The van der Waals surface area contributed by atoms with Crippen LogP contribution in [0.1, 0.15) is 43.7 Å². The van der Waals surface area contributed by atoms with Gasteiger partial charge >= 0.3 is 0 Å². The third-order valence-corrected chi connectivity index (χ3v) is 4.17. The average molecular weight is 332 g/mol. The lowest BCUT2D eigenvalue weighted by Gasteiger charge is -2.13. The molecular weight excluding hydrogens is 310 g/mol. The molecule has 2 rings (SSSR count). The first-order valence-electron chi connectivity index (χ1n) is 7.26. The second kappa shape index (κ2) is 7.61. The zero-order valence-electron chi connectivity index (χ0n) is 11.8. The standard InChI is InChI=1S/C18H22BrN/c1-2-3-4-5-6-7-18(20)16-9-8-15-13-17(19)11-10-14(15)12-16/h2,8-13,18H,1,3-7,20H2. The highest BCUT2D eigenvalue weighted by atomic mass is 79.9. The molecule has 2 heteroatoms. The Morgan fingerprint density at radius 3 is 2.60 bits per heavy atom. The lowest BCUT2D eigenvalue weighted by atomic mass is 9.98. The molecule has 0 radical (unpaired) electrons. The maximum atomic E-state index is 6.30. The van der Waals surface area contributed by atoms with Crippen molar-refractivity contribution in [3.8, 4) is 0 Å². The molecule has 0 aliphatic rings. The number of allylic oxidation sites excluding steroid dienone is 1. The molecular formula is C18H22BrN. The van der Waals surface area contributed by atoms with E-state index in [2.05, 4.69) is 58.9 Å². The van der Waals surface area contributed by atoms with Gasteiger partial charge in [0.2, 0.25) is 0 Å². The third kappa shape index (κ3) is 4.19. The molecule has 2 aromatic carbocycles. The van der Waals surface area contributed by atoms with Crippen LogP contribution >= 0.6 is 15.9 Å².